The Kier molecular flexibility index (Phi) is 5.19. The number of pyridine rings is 1. The summed E-state index contributed by atoms with van der Waals surface area (Å²) in [7, 11) is 1.83. The monoisotopic (exact) mass is 338 g/mol. The summed E-state index contributed by atoms with van der Waals surface area (Å²) in [6, 6.07) is 15.6. The Bertz CT molecular complexity index is 840. The van der Waals surface area contributed by atoms with Crippen LogP contribution in [0.2, 0.25) is 0 Å². The largest absolute Gasteiger partial charge is 0.311 e. The molecule has 128 valence electrons. The van der Waals surface area contributed by atoms with Gasteiger partial charge in [-0.3, -0.25) is 4.98 Å². The molecule has 0 fully saturated rings. The zero-order valence-corrected chi connectivity index (χ0v) is 14.3. The normalized spacial score (nSPS) is 12.2. The van der Waals surface area contributed by atoms with Crippen LogP contribution in [-0.2, 0) is 6.42 Å². The summed E-state index contributed by atoms with van der Waals surface area (Å²) in [5, 5.41) is 3.22. The van der Waals surface area contributed by atoms with Gasteiger partial charge in [0.2, 0.25) is 0 Å². The number of rotatable bonds is 5. The fourth-order valence-electron chi connectivity index (χ4n) is 2.97. The Morgan fingerprint density at radius 2 is 1.68 bits per heavy atom. The minimum Gasteiger partial charge on any atom is -0.311 e. The number of benzene rings is 2. The number of nitrogens with one attached hydrogen (secondary N) is 1. The Labute approximate surface area is 146 Å². The van der Waals surface area contributed by atoms with Gasteiger partial charge in [-0.15, -0.1) is 0 Å². The van der Waals surface area contributed by atoms with Gasteiger partial charge in [-0.25, -0.2) is 8.78 Å². The van der Waals surface area contributed by atoms with Crippen LogP contribution in [0.4, 0.5) is 8.78 Å². The van der Waals surface area contributed by atoms with Crippen LogP contribution in [0.5, 0.6) is 0 Å². The van der Waals surface area contributed by atoms with Crippen molar-refractivity contribution < 1.29 is 8.78 Å². The van der Waals surface area contributed by atoms with E-state index in [1.54, 1.807) is 6.20 Å². The molecular formula is C21H20F2N2. The van der Waals surface area contributed by atoms with Crippen molar-refractivity contribution in [3.05, 3.63) is 89.2 Å². The predicted octanol–water partition coefficient (Wildman–Crippen LogP) is 4.84. The number of aromatic nitrogens is 1. The van der Waals surface area contributed by atoms with Gasteiger partial charge >= 0.3 is 0 Å². The van der Waals surface area contributed by atoms with Crippen molar-refractivity contribution in [3.63, 3.8) is 0 Å². The third-order valence-corrected chi connectivity index (χ3v) is 4.24. The zero-order valence-electron chi connectivity index (χ0n) is 14.3. The lowest BCUT2D eigenvalue weighted by Crippen LogP contribution is -2.21. The molecule has 0 aliphatic heterocycles. The minimum absolute atomic E-state index is 0.154. The van der Waals surface area contributed by atoms with E-state index in [1.807, 2.05) is 26.1 Å². The first-order valence-corrected chi connectivity index (χ1v) is 8.21. The third kappa shape index (κ3) is 4.09. The molecule has 1 N–H and O–H groups in total. The highest BCUT2D eigenvalue weighted by atomic mass is 19.1. The summed E-state index contributed by atoms with van der Waals surface area (Å²) in [6.45, 7) is 2.04. The van der Waals surface area contributed by atoms with Crippen molar-refractivity contribution in [1.29, 1.82) is 0 Å². The van der Waals surface area contributed by atoms with Crippen LogP contribution >= 0.6 is 0 Å². The predicted molar refractivity (Wildman–Crippen MR) is 96.3 cm³/mol. The molecule has 1 unspecified atom stereocenters. The topological polar surface area (TPSA) is 24.9 Å². The average Bonchev–Trinajstić information content (AvgIpc) is 2.60. The molecule has 0 aliphatic rings. The van der Waals surface area contributed by atoms with Crippen molar-refractivity contribution in [2.24, 2.45) is 0 Å². The molecule has 2 nitrogen and oxygen atoms in total. The highest BCUT2D eigenvalue weighted by Crippen LogP contribution is 2.28. The molecule has 3 aromatic rings. The van der Waals surface area contributed by atoms with E-state index in [-0.39, 0.29) is 6.04 Å². The lowest BCUT2D eigenvalue weighted by molar-refractivity contribution is 0.556. The average molecular weight is 338 g/mol. The summed E-state index contributed by atoms with van der Waals surface area (Å²) in [5.74, 6) is -1.13. The number of hydrogen-bond donors (Lipinski definition) is 1. The number of hydrogen-bond acceptors (Lipinski definition) is 2. The molecule has 2 aromatic carbocycles. The Hall–Kier alpha value is -2.59. The summed E-state index contributed by atoms with van der Waals surface area (Å²) in [4.78, 5) is 4.54. The van der Waals surface area contributed by atoms with Crippen molar-refractivity contribution in [1.82, 2.24) is 10.3 Å². The lowest BCUT2D eigenvalue weighted by Gasteiger charge is -2.19. The van der Waals surface area contributed by atoms with E-state index in [0.717, 1.165) is 22.9 Å². The first-order chi connectivity index (χ1) is 12.1. The maximum absolute atomic E-state index is 13.5. The zero-order chi connectivity index (χ0) is 17.8. The number of nitrogens with zero attached hydrogens (tertiary/aromatic N) is 1. The molecule has 25 heavy (non-hydrogen) atoms. The van der Waals surface area contributed by atoms with Crippen LogP contribution in [0.25, 0.3) is 11.1 Å². The summed E-state index contributed by atoms with van der Waals surface area (Å²) in [5.41, 5.74) is 4.73. The van der Waals surface area contributed by atoms with Gasteiger partial charge in [0.05, 0.1) is 11.7 Å². The second-order valence-electron chi connectivity index (χ2n) is 6.13. The highest BCUT2D eigenvalue weighted by molar-refractivity contribution is 5.66. The molecule has 3 rings (SSSR count). The molecule has 0 bridgehead atoms. The SMILES string of the molecule is CNC(Cc1cc(F)cc(F)c1)c1ncccc1-c1ccc(C)cc1. The van der Waals surface area contributed by atoms with Crippen molar-refractivity contribution in [2.75, 3.05) is 7.05 Å². The standard InChI is InChI=1S/C21H20F2N2/c1-14-5-7-16(8-6-14)19-4-3-9-25-21(19)20(24-2)12-15-10-17(22)13-18(23)11-15/h3-11,13,20,24H,12H2,1-2H3. The maximum atomic E-state index is 13.5. The molecule has 1 atom stereocenters. The Morgan fingerprint density at radius 1 is 1.00 bits per heavy atom. The van der Waals surface area contributed by atoms with E-state index >= 15 is 0 Å². The highest BCUT2D eigenvalue weighted by Gasteiger charge is 2.17. The van der Waals surface area contributed by atoms with Gasteiger partial charge in [0, 0.05) is 17.8 Å². The molecule has 0 radical (unpaired) electrons. The van der Waals surface area contributed by atoms with Crippen LogP contribution < -0.4 is 5.32 Å². The van der Waals surface area contributed by atoms with E-state index in [1.165, 1.54) is 17.7 Å². The summed E-state index contributed by atoms with van der Waals surface area (Å²) in [6.07, 6.45) is 2.19. The fraction of sp³-hybridized carbons (Fsp3) is 0.190. The molecule has 0 aliphatic carbocycles. The maximum Gasteiger partial charge on any atom is 0.126 e. The van der Waals surface area contributed by atoms with E-state index in [2.05, 4.69) is 34.6 Å². The van der Waals surface area contributed by atoms with Crippen molar-refractivity contribution in [3.8, 4) is 11.1 Å². The smallest absolute Gasteiger partial charge is 0.126 e. The number of likely N-dealkylation sites (N-methyl/N-ethyl adjacent to an activating group) is 1. The Morgan fingerprint density at radius 3 is 2.32 bits per heavy atom. The Balaban J connectivity index is 1.97. The second kappa shape index (κ2) is 7.53. The first kappa shape index (κ1) is 17.2. The molecule has 0 saturated heterocycles. The quantitative estimate of drug-likeness (QED) is 0.720. The van der Waals surface area contributed by atoms with E-state index in [9.17, 15) is 8.78 Å². The van der Waals surface area contributed by atoms with Gasteiger partial charge in [-0.2, -0.15) is 0 Å². The molecular weight excluding hydrogens is 318 g/mol. The minimum atomic E-state index is -0.565. The van der Waals surface area contributed by atoms with E-state index in [0.29, 0.717) is 12.0 Å². The third-order valence-electron chi connectivity index (χ3n) is 4.24. The van der Waals surface area contributed by atoms with Gasteiger partial charge in [-0.1, -0.05) is 35.9 Å². The molecule has 4 heteroatoms. The van der Waals surface area contributed by atoms with Crippen LogP contribution in [0.3, 0.4) is 0 Å². The van der Waals surface area contributed by atoms with Gasteiger partial charge in [-0.05, 0) is 49.7 Å². The second-order valence-corrected chi connectivity index (χ2v) is 6.13. The lowest BCUT2D eigenvalue weighted by atomic mass is 9.95. The van der Waals surface area contributed by atoms with Crippen molar-refractivity contribution >= 4 is 0 Å². The van der Waals surface area contributed by atoms with E-state index in [4.69, 9.17) is 0 Å². The van der Waals surface area contributed by atoms with Gasteiger partial charge < -0.3 is 5.32 Å². The van der Waals surface area contributed by atoms with Crippen LogP contribution in [0.1, 0.15) is 22.9 Å². The summed E-state index contributed by atoms with van der Waals surface area (Å²) >= 11 is 0. The summed E-state index contributed by atoms with van der Waals surface area (Å²) < 4.78 is 27.0. The van der Waals surface area contributed by atoms with Crippen LogP contribution in [-0.4, -0.2) is 12.0 Å². The molecule has 0 saturated carbocycles. The molecule has 1 heterocycles. The van der Waals surface area contributed by atoms with E-state index < -0.39 is 11.6 Å². The van der Waals surface area contributed by atoms with Crippen LogP contribution in [0, 0.1) is 18.6 Å². The molecule has 0 amide bonds. The van der Waals surface area contributed by atoms with Crippen molar-refractivity contribution in [2.45, 2.75) is 19.4 Å². The first-order valence-electron chi connectivity index (χ1n) is 8.21. The fourth-order valence-corrected chi connectivity index (χ4v) is 2.97. The van der Waals surface area contributed by atoms with Crippen LogP contribution in [0.15, 0.2) is 60.8 Å². The number of aryl methyl sites for hydroxylation is 1. The van der Waals surface area contributed by atoms with Gasteiger partial charge in [0.1, 0.15) is 11.6 Å². The number of halogens is 2. The molecule has 1 aromatic heterocycles. The van der Waals surface area contributed by atoms with Gasteiger partial charge in [0.25, 0.3) is 0 Å². The van der Waals surface area contributed by atoms with Gasteiger partial charge in [0.15, 0.2) is 0 Å². The molecule has 0 spiro atoms.